The van der Waals surface area contributed by atoms with Crippen molar-refractivity contribution in [2.75, 3.05) is 0 Å². The third-order valence-corrected chi connectivity index (χ3v) is 5.44. The number of benzene rings is 2. The molecule has 0 unspecified atom stereocenters. The SMILES string of the molecule is O=P(O)(O)Oc1ccc(C(=C2CCCCC2)c2ccc(OP(=O)(O)O)cc2)cc1.[Na].[Na].[Na].[Na]. The van der Waals surface area contributed by atoms with Gasteiger partial charge < -0.3 is 9.05 Å². The molecule has 8 nitrogen and oxygen atoms in total. The molecular formula is C19H22Na4O8P2. The summed E-state index contributed by atoms with van der Waals surface area (Å²) >= 11 is 0. The van der Waals surface area contributed by atoms with Crippen LogP contribution in [0.4, 0.5) is 0 Å². The summed E-state index contributed by atoms with van der Waals surface area (Å²) in [6, 6.07) is 13.0. The Labute approximate surface area is 282 Å². The van der Waals surface area contributed by atoms with Crippen molar-refractivity contribution < 1.29 is 37.8 Å². The van der Waals surface area contributed by atoms with Gasteiger partial charge in [0.1, 0.15) is 11.5 Å². The van der Waals surface area contributed by atoms with Gasteiger partial charge in [0, 0.05) is 118 Å². The minimum atomic E-state index is -4.62. The van der Waals surface area contributed by atoms with Gasteiger partial charge in [0.25, 0.3) is 0 Å². The van der Waals surface area contributed by atoms with Gasteiger partial charge >= 0.3 is 15.6 Å². The fourth-order valence-corrected chi connectivity index (χ4v) is 4.24. The minimum absolute atomic E-state index is 0. The zero-order valence-corrected chi connectivity index (χ0v) is 29.3. The molecule has 1 saturated carbocycles. The van der Waals surface area contributed by atoms with Crippen molar-refractivity contribution in [3.8, 4) is 11.5 Å². The molecule has 3 rings (SSSR count). The van der Waals surface area contributed by atoms with Gasteiger partial charge in [-0.05, 0) is 66.6 Å². The summed E-state index contributed by atoms with van der Waals surface area (Å²) in [5.41, 5.74) is 3.99. The van der Waals surface area contributed by atoms with Gasteiger partial charge in [0.05, 0.1) is 0 Å². The van der Waals surface area contributed by atoms with Crippen LogP contribution in [-0.2, 0) is 9.13 Å². The molecule has 33 heavy (non-hydrogen) atoms. The van der Waals surface area contributed by atoms with Crippen molar-refractivity contribution in [2.45, 2.75) is 32.1 Å². The summed E-state index contributed by atoms with van der Waals surface area (Å²) < 4.78 is 31.2. The van der Waals surface area contributed by atoms with Gasteiger partial charge in [-0.3, -0.25) is 19.6 Å². The van der Waals surface area contributed by atoms with Gasteiger partial charge in [-0.1, -0.05) is 36.3 Å². The Kier molecular flexibility index (Phi) is 19.0. The monoisotopic (exact) mass is 532 g/mol. The second-order valence-corrected chi connectivity index (χ2v) is 9.08. The molecule has 2 aromatic carbocycles. The largest absolute Gasteiger partial charge is 0.524 e. The number of hydrogen-bond donors (Lipinski definition) is 4. The molecule has 4 radical (unpaired) electrons. The molecule has 2 aromatic rings. The van der Waals surface area contributed by atoms with Gasteiger partial charge in [-0.15, -0.1) is 0 Å². The molecule has 14 heteroatoms. The normalized spacial score (nSPS) is 13.3. The Morgan fingerprint density at radius 2 is 0.939 bits per heavy atom. The molecule has 0 amide bonds. The van der Waals surface area contributed by atoms with Crippen LogP contribution in [0.2, 0.25) is 0 Å². The van der Waals surface area contributed by atoms with Crippen LogP contribution >= 0.6 is 15.6 Å². The summed E-state index contributed by atoms with van der Waals surface area (Å²) in [6.07, 6.45) is 5.21. The first-order valence-corrected chi connectivity index (χ1v) is 12.1. The Morgan fingerprint density at radius 3 is 1.24 bits per heavy atom. The van der Waals surface area contributed by atoms with E-state index < -0.39 is 15.6 Å². The Balaban J connectivity index is 0. The van der Waals surface area contributed by atoms with E-state index >= 15 is 0 Å². The average molecular weight is 532 g/mol. The van der Waals surface area contributed by atoms with E-state index in [1.165, 1.54) is 36.3 Å². The van der Waals surface area contributed by atoms with E-state index in [1.807, 2.05) is 0 Å². The number of phosphoric ester groups is 2. The Morgan fingerprint density at radius 1 is 0.606 bits per heavy atom. The molecule has 0 aromatic heterocycles. The van der Waals surface area contributed by atoms with Crippen molar-refractivity contribution >= 4 is 139 Å². The van der Waals surface area contributed by atoms with E-state index in [9.17, 15) is 9.13 Å². The molecule has 0 saturated heterocycles. The Hall–Kier alpha value is 2.08. The standard InChI is InChI=1S/C19H22O8P2.4Na/c20-28(21,22)26-17-10-6-15(7-11-17)19(14-4-2-1-3-5-14)16-8-12-18(13-9-16)27-29(23,24)25;;;;/h6-13H,1-5H2,(H2,20,21,22)(H2,23,24,25);;;;. The molecule has 0 heterocycles. The number of hydrogen-bond acceptors (Lipinski definition) is 4. The van der Waals surface area contributed by atoms with E-state index in [-0.39, 0.29) is 130 Å². The van der Waals surface area contributed by atoms with Crippen LogP contribution in [0, 0.1) is 0 Å². The Bertz CT molecular complexity index is 910. The van der Waals surface area contributed by atoms with E-state index in [2.05, 4.69) is 9.05 Å². The van der Waals surface area contributed by atoms with E-state index in [0.29, 0.717) is 0 Å². The van der Waals surface area contributed by atoms with Crippen LogP contribution < -0.4 is 9.05 Å². The third-order valence-electron chi connectivity index (χ3n) is 4.55. The summed E-state index contributed by atoms with van der Waals surface area (Å²) in [4.78, 5) is 35.8. The first-order chi connectivity index (χ1) is 13.6. The van der Waals surface area contributed by atoms with Crippen LogP contribution in [-0.4, -0.2) is 138 Å². The first-order valence-electron chi connectivity index (χ1n) is 9.04. The molecular weight excluding hydrogens is 510 g/mol. The van der Waals surface area contributed by atoms with E-state index in [4.69, 9.17) is 19.6 Å². The van der Waals surface area contributed by atoms with Gasteiger partial charge in [0.15, 0.2) is 0 Å². The van der Waals surface area contributed by atoms with Crippen LogP contribution in [0.5, 0.6) is 11.5 Å². The first kappa shape index (κ1) is 37.2. The molecule has 0 aliphatic heterocycles. The maximum absolute atomic E-state index is 11.0. The van der Waals surface area contributed by atoms with E-state index in [1.54, 1.807) is 24.3 Å². The average Bonchev–Trinajstić information content (AvgIpc) is 2.63. The van der Waals surface area contributed by atoms with Crippen molar-refractivity contribution in [3.63, 3.8) is 0 Å². The zero-order chi connectivity index (χ0) is 21.1. The summed E-state index contributed by atoms with van der Waals surface area (Å²) in [6.45, 7) is 0. The molecule has 0 bridgehead atoms. The van der Waals surface area contributed by atoms with Crippen molar-refractivity contribution in [1.82, 2.24) is 0 Å². The smallest absolute Gasteiger partial charge is 0.404 e. The maximum atomic E-state index is 11.0. The quantitative estimate of drug-likeness (QED) is 0.330. The van der Waals surface area contributed by atoms with Gasteiger partial charge in [-0.25, -0.2) is 9.13 Å². The molecule has 0 spiro atoms. The van der Waals surface area contributed by atoms with Gasteiger partial charge in [-0.2, -0.15) is 0 Å². The maximum Gasteiger partial charge on any atom is 0.524 e. The molecule has 1 fully saturated rings. The predicted molar refractivity (Wildman–Crippen MR) is 130 cm³/mol. The number of allylic oxidation sites excluding steroid dienone is 1. The molecule has 160 valence electrons. The molecule has 4 N–H and O–H groups in total. The van der Waals surface area contributed by atoms with Gasteiger partial charge in [0.2, 0.25) is 0 Å². The third kappa shape index (κ3) is 12.9. The summed E-state index contributed by atoms with van der Waals surface area (Å²) in [7, 11) is -9.25. The molecule has 0 atom stereocenters. The number of phosphoric acid groups is 2. The van der Waals surface area contributed by atoms with Crippen LogP contribution in [0.1, 0.15) is 43.2 Å². The van der Waals surface area contributed by atoms with Crippen molar-refractivity contribution in [2.24, 2.45) is 0 Å². The second kappa shape index (κ2) is 16.8. The minimum Gasteiger partial charge on any atom is -0.404 e. The summed E-state index contributed by atoms with van der Waals surface area (Å²) in [5.74, 6) is 0.140. The van der Waals surface area contributed by atoms with E-state index in [0.717, 1.165) is 42.4 Å². The summed E-state index contributed by atoms with van der Waals surface area (Å²) in [5, 5.41) is 0. The van der Waals surface area contributed by atoms with Crippen LogP contribution in [0.15, 0.2) is 54.1 Å². The predicted octanol–water partition coefficient (Wildman–Crippen LogP) is 2.87. The topological polar surface area (TPSA) is 134 Å². The fraction of sp³-hybridized carbons (Fsp3) is 0.263. The second-order valence-electron chi connectivity index (χ2n) is 6.75. The van der Waals surface area contributed by atoms with Crippen LogP contribution in [0.25, 0.3) is 5.57 Å². The fourth-order valence-electron chi connectivity index (χ4n) is 3.44. The molecule has 1 aliphatic rings. The van der Waals surface area contributed by atoms with Crippen molar-refractivity contribution in [3.05, 3.63) is 65.2 Å². The molecule has 1 aliphatic carbocycles. The number of rotatable bonds is 6. The zero-order valence-electron chi connectivity index (χ0n) is 19.5. The van der Waals surface area contributed by atoms with Crippen molar-refractivity contribution in [1.29, 1.82) is 0 Å². The van der Waals surface area contributed by atoms with Crippen LogP contribution in [0.3, 0.4) is 0 Å².